The van der Waals surface area contributed by atoms with Crippen LogP contribution in [0.25, 0.3) is 11.1 Å². The van der Waals surface area contributed by atoms with E-state index in [4.69, 9.17) is 4.74 Å². The Morgan fingerprint density at radius 3 is 2.31 bits per heavy atom. The summed E-state index contributed by atoms with van der Waals surface area (Å²) in [5, 5.41) is 0. The maximum absolute atomic E-state index is 13.4. The first-order valence-corrected chi connectivity index (χ1v) is 12.3. The van der Waals surface area contributed by atoms with Crippen LogP contribution in [0.2, 0.25) is 0 Å². The molecule has 0 radical (unpaired) electrons. The molecule has 32 heavy (non-hydrogen) atoms. The van der Waals surface area contributed by atoms with Gasteiger partial charge >= 0.3 is 0 Å². The quantitative estimate of drug-likeness (QED) is 0.609. The van der Waals surface area contributed by atoms with Gasteiger partial charge in [0.2, 0.25) is 10.0 Å². The van der Waals surface area contributed by atoms with Crippen molar-refractivity contribution in [1.29, 1.82) is 0 Å². The summed E-state index contributed by atoms with van der Waals surface area (Å²) in [6.45, 7) is 3.29. The Kier molecular flexibility index (Phi) is 5.18. The Morgan fingerprint density at radius 2 is 1.62 bits per heavy atom. The predicted octanol–water partition coefficient (Wildman–Crippen LogP) is 3.64. The number of fused-ring (bicyclic) bond motifs is 4. The summed E-state index contributed by atoms with van der Waals surface area (Å²) in [5.74, 6) is 0.850. The van der Waals surface area contributed by atoms with E-state index in [2.05, 4.69) is 0 Å². The number of piperidine rings is 1. The van der Waals surface area contributed by atoms with Crippen LogP contribution in [0.3, 0.4) is 0 Å². The molecule has 2 bridgehead atoms. The van der Waals surface area contributed by atoms with E-state index in [1.54, 1.807) is 29.6 Å². The minimum absolute atomic E-state index is 0.0261. The molecule has 6 nitrogen and oxygen atoms in total. The number of nitrogens with zero attached hydrogens (tertiary/aromatic N) is 2. The summed E-state index contributed by atoms with van der Waals surface area (Å²) in [6.07, 6.45) is 0.881. The molecule has 0 saturated carbocycles. The van der Waals surface area contributed by atoms with Gasteiger partial charge in [0.05, 0.1) is 12.0 Å². The molecule has 2 aromatic carbocycles. The van der Waals surface area contributed by atoms with Crippen molar-refractivity contribution in [2.24, 2.45) is 5.92 Å². The van der Waals surface area contributed by atoms with Crippen molar-refractivity contribution in [2.45, 2.75) is 30.7 Å². The zero-order valence-electron chi connectivity index (χ0n) is 18.2. The number of aryl methyl sites for hydroxylation is 1. The van der Waals surface area contributed by atoms with Crippen molar-refractivity contribution in [3.05, 3.63) is 82.3 Å². The van der Waals surface area contributed by atoms with Gasteiger partial charge in [0.25, 0.3) is 5.56 Å². The van der Waals surface area contributed by atoms with E-state index < -0.39 is 10.0 Å². The standard InChI is InChI=1S/C25H26N2O4S/c1-17-3-9-22(10-4-17)32(29,30)26-14-18-13-20(16-26)25-23(11-12-24(28)27(25)15-18)19-5-7-21(31-2)8-6-19/h3-12,18,20H,13-16H2,1-2H3/t18-,20+/m0/s1. The zero-order chi connectivity index (χ0) is 22.5. The van der Waals surface area contributed by atoms with E-state index in [1.807, 2.05) is 54.0 Å². The molecule has 7 heteroatoms. The molecule has 3 aromatic rings. The van der Waals surface area contributed by atoms with Gasteiger partial charge in [-0.3, -0.25) is 4.79 Å². The molecule has 2 aliphatic heterocycles. The lowest BCUT2D eigenvalue weighted by Crippen LogP contribution is -2.49. The van der Waals surface area contributed by atoms with Crippen LogP contribution in [0.4, 0.5) is 0 Å². The molecular weight excluding hydrogens is 424 g/mol. The monoisotopic (exact) mass is 450 g/mol. The average molecular weight is 451 g/mol. The first-order valence-electron chi connectivity index (χ1n) is 10.8. The highest BCUT2D eigenvalue weighted by Crippen LogP contribution is 2.41. The molecule has 0 N–H and O–H groups in total. The molecule has 0 unspecified atom stereocenters. The molecule has 0 amide bonds. The van der Waals surface area contributed by atoms with Crippen LogP contribution in [0, 0.1) is 12.8 Å². The largest absolute Gasteiger partial charge is 0.497 e. The smallest absolute Gasteiger partial charge is 0.250 e. The van der Waals surface area contributed by atoms with Gasteiger partial charge in [0.15, 0.2) is 0 Å². The van der Waals surface area contributed by atoms with Gasteiger partial charge in [-0.05, 0) is 55.2 Å². The third kappa shape index (κ3) is 3.55. The van der Waals surface area contributed by atoms with Gasteiger partial charge in [-0.2, -0.15) is 4.31 Å². The third-order valence-electron chi connectivity index (χ3n) is 6.62. The highest BCUT2D eigenvalue weighted by Gasteiger charge is 2.40. The van der Waals surface area contributed by atoms with Crippen molar-refractivity contribution < 1.29 is 13.2 Å². The van der Waals surface area contributed by atoms with Crippen molar-refractivity contribution in [3.63, 3.8) is 0 Å². The molecule has 1 saturated heterocycles. The van der Waals surface area contributed by atoms with Crippen LogP contribution < -0.4 is 10.3 Å². The SMILES string of the molecule is COc1ccc(-c2ccc(=O)n3c2[C@@H]2C[C@@H](CN(S(=O)(=O)c4ccc(C)cc4)C2)C3)cc1. The molecule has 5 rings (SSSR count). The van der Waals surface area contributed by atoms with Gasteiger partial charge in [0, 0.05) is 42.9 Å². The molecule has 3 heterocycles. The van der Waals surface area contributed by atoms with Gasteiger partial charge in [0.1, 0.15) is 5.75 Å². The number of hydrogen-bond donors (Lipinski definition) is 0. The van der Waals surface area contributed by atoms with Crippen molar-refractivity contribution in [3.8, 4) is 16.9 Å². The fraction of sp³-hybridized carbons (Fsp3) is 0.320. The molecular formula is C25H26N2O4S. The fourth-order valence-electron chi connectivity index (χ4n) is 5.04. The molecule has 1 aromatic heterocycles. The molecule has 1 fully saturated rings. The number of benzene rings is 2. The van der Waals surface area contributed by atoms with Crippen LogP contribution in [0.1, 0.15) is 23.6 Å². The lowest BCUT2D eigenvalue weighted by Gasteiger charge is -2.42. The van der Waals surface area contributed by atoms with Gasteiger partial charge < -0.3 is 9.30 Å². The van der Waals surface area contributed by atoms with Crippen LogP contribution in [-0.4, -0.2) is 37.5 Å². The van der Waals surface area contributed by atoms with Gasteiger partial charge in [-0.1, -0.05) is 29.8 Å². The van der Waals surface area contributed by atoms with Crippen molar-refractivity contribution in [1.82, 2.24) is 8.87 Å². The van der Waals surface area contributed by atoms with Crippen LogP contribution in [0.15, 0.2) is 70.4 Å². The lowest BCUT2D eigenvalue weighted by molar-refractivity contribution is 0.187. The predicted molar refractivity (Wildman–Crippen MR) is 123 cm³/mol. The second kappa shape index (κ2) is 7.90. The normalized spacial score (nSPS) is 20.6. The maximum atomic E-state index is 13.4. The van der Waals surface area contributed by atoms with Crippen LogP contribution in [0.5, 0.6) is 5.75 Å². The third-order valence-corrected chi connectivity index (χ3v) is 8.46. The van der Waals surface area contributed by atoms with Gasteiger partial charge in [-0.25, -0.2) is 8.42 Å². The van der Waals surface area contributed by atoms with Crippen molar-refractivity contribution >= 4 is 10.0 Å². The molecule has 0 aliphatic carbocycles. The number of hydrogen-bond acceptors (Lipinski definition) is 4. The summed E-state index contributed by atoms with van der Waals surface area (Å²) < 4.78 is 35.5. The summed E-state index contributed by atoms with van der Waals surface area (Å²) in [4.78, 5) is 13.0. The average Bonchev–Trinajstić information content (AvgIpc) is 2.80. The topological polar surface area (TPSA) is 68.6 Å². The fourth-order valence-corrected chi connectivity index (χ4v) is 6.60. The Balaban J connectivity index is 1.55. The Morgan fingerprint density at radius 1 is 0.906 bits per heavy atom. The van der Waals surface area contributed by atoms with E-state index in [0.29, 0.717) is 24.5 Å². The Labute approximate surface area is 188 Å². The number of rotatable bonds is 4. The second-order valence-electron chi connectivity index (χ2n) is 8.74. The zero-order valence-corrected chi connectivity index (χ0v) is 19.0. The molecule has 166 valence electrons. The van der Waals surface area contributed by atoms with Crippen LogP contribution >= 0.6 is 0 Å². The number of sulfonamides is 1. The minimum atomic E-state index is -3.59. The first-order chi connectivity index (χ1) is 15.4. The number of aromatic nitrogens is 1. The van der Waals surface area contributed by atoms with Gasteiger partial charge in [-0.15, -0.1) is 0 Å². The molecule has 2 atom stereocenters. The number of pyridine rings is 1. The lowest BCUT2D eigenvalue weighted by atomic mass is 9.81. The minimum Gasteiger partial charge on any atom is -0.497 e. The van der Waals surface area contributed by atoms with E-state index in [1.165, 1.54) is 0 Å². The maximum Gasteiger partial charge on any atom is 0.250 e. The van der Waals surface area contributed by atoms with Crippen molar-refractivity contribution in [2.75, 3.05) is 20.2 Å². The van der Waals surface area contributed by atoms with E-state index in [9.17, 15) is 13.2 Å². The Hall–Kier alpha value is -2.90. The van der Waals surface area contributed by atoms with E-state index in [-0.39, 0.29) is 17.4 Å². The highest BCUT2D eigenvalue weighted by atomic mass is 32.2. The molecule has 2 aliphatic rings. The first kappa shape index (κ1) is 21.0. The summed E-state index contributed by atoms with van der Waals surface area (Å²) in [6, 6.07) is 18.3. The van der Waals surface area contributed by atoms with Crippen LogP contribution in [-0.2, 0) is 16.6 Å². The number of methoxy groups -OCH3 is 1. The summed E-state index contributed by atoms with van der Waals surface area (Å²) in [7, 11) is -1.96. The number of ether oxygens (including phenoxy) is 1. The summed E-state index contributed by atoms with van der Waals surface area (Å²) in [5.41, 5.74) is 3.90. The second-order valence-corrected chi connectivity index (χ2v) is 10.7. The molecule has 0 spiro atoms. The Bertz CT molecular complexity index is 1310. The highest BCUT2D eigenvalue weighted by molar-refractivity contribution is 7.89. The van der Waals surface area contributed by atoms with E-state index >= 15 is 0 Å². The summed E-state index contributed by atoms with van der Waals surface area (Å²) >= 11 is 0. The van der Waals surface area contributed by atoms with E-state index in [0.717, 1.165) is 34.6 Å².